The first-order valence-electron chi connectivity index (χ1n) is 11.7. The van der Waals surface area contributed by atoms with Gasteiger partial charge >= 0.3 is 0 Å². The van der Waals surface area contributed by atoms with Crippen LogP contribution in [0, 0.1) is 23.7 Å². The Morgan fingerprint density at radius 3 is 2.37 bits per heavy atom. The van der Waals surface area contributed by atoms with E-state index in [9.17, 15) is 4.79 Å². The van der Waals surface area contributed by atoms with Gasteiger partial charge in [-0.25, -0.2) is 0 Å². The van der Waals surface area contributed by atoms with Gasteiger partial charge in [-0.15, -0.1) is 0 Å². The number of nitrogens with one attached hydrogen (secondary N) is 1. The SMILES string of the molecule is N[C@@H]1C2CCC(CC2)[C@@H]1C(=O)N1CCC2C(c3ccccc3)Nc3ccccc3C21. The van der Waals surface area contributed by atoms with Gasteiger partial charge in [0, 0.05) is 24.2 Å². The van der Waals surface area contributed by atoms with E-state index in [1.807, 2.05) is 0 Å². The Balaban J connectivity index is 1.37. The van der Waals surface area contributed by atoms with Crippen molar-refractivity contribution in [1.82, 2.24) is 4.90 Å². The average Bonchev–Trinajstić information content (AvgIpc) is 3.25. The van der Waals surface area contributed by atoms with Gasteiger partial charge in [0.15, 0.2) is 0 Å². The van der Waals surface area contributed by atoms with E-state index in [0.717, 1.165) is 13.0 Å². The minimum atomic E-state index is 0.0217. The summed E-state index contributed by atoms with van der Waals surface area (Å²) < 4.78 is 0. The first-order valence-corrected chi connectivity index (χ1v) is 11.7. The third-order valence-electron chi connectivity index (χ3n) is 8.47. The van der Waals surface area contributed by atoms with E-state index < -0.39 is 0 Å². The molecule has 4 heteroatoms. The van der Waals surface area contributed by atoms with Gasteiger partial charge in [-0.05, 0) is 61.1 Å². The normalized spacial score (nSPS) is 36.7. The van der Waals surface area contributed by atoms with Crippen LogP contribution in [-0.4, -0.2) is 23.4 Å². The quantitative estimate of drug-likeness (QED) is 0.779. The van der Waals surface area contributed by atoms with Crippen molar-refractivity contribution in [1.29, 1.82) is 0 Å². The lowest BCUT2D eigenvalue weighted by Crippen LogP contribution is -2.56. The number of nitrogens with two attached hydrogens (primary N) is 1. The number of carbonyl (C=O) groups is 1. The molecule has 5 aliphatic rings. The standard InChI is InChI=1S/C26H31N3O/c27-23-17-12-10-16(11-13-17)22(23)26(30)29-15-14-20-24(18-6-2-1-3-7-18)28-21-9-5-4-8-19(21)25(20)29/h1-9,16-17,20,22-25,28H,10-15,27H2/t16?,17?,20?,22-,23+,24?,25?/m0/s1. The van der Waals surface area contributed by atoms with Crippen molar-refractivity contribution in [3.63, 3.8) is 0 Å². The second-order valence-electron chi connectivity index (χ2n) is 9.83. The molecule has 3 saturated carbocycles. The smallest absolute Gasteiger partial charge is 0.228 e. The van der Waals surface area contributed by atoms with E-state index in [2.05, 4.69) is 64.8 Å². The number of hydrogen-bond donors (Lipinski definition) is 2. The lowest BCUT2D eigenvalue weighted by molar-refractivity contribution is -0.143. The zero-order valence-corrected chi connectivity index (χ0v) is 17.4. The number of rotatable bonds is 2. The molecule has 2 aliphatic heterocycles. The van der Waals surface area contributed by atoms with Gasteiger partial charge in [0.1, 0.15) is 0 Å². The summed E-state index contributed by atoms with van der Waals surface area (Å²) in [4.78, 5) is 16.1. The molecule has 156 valence electrons. The van der Waals surface area contributed by atoms with E-state index in [-0.39, 0.29) is 24.0 Å². The lowest BCUT2D eigenvalue weighted by atomic mass is 9.61. The molecule has 2 aromatic carbocycles. The molecule has 0 radical (unpaired) electrons. The van der Waals surface area contributed by atoms with Crippen LogP contribution in [0.15, 0.2) is 54.6 Å². The zero-order valence-electron chi connectivity index (χ0n) is 17.4. The molecule has 3 N–H and O–H groups in total. The highest BCUT2D eigenvalue weighted by Gasteiger charge is 2.51. The van der Waals surface area contributed by atoms with Crippen LogP contribution < -0.4 is 11.1 Å². The molecule has 3 unspecified atom stereocenters. The molecule has 2 aromatic rings. The topological polar surface area (TPSA) is 58.4 Å². The van der Waals surface area contributed by atoms with Gasteiger partial charge in [0.05, 0.1) is 18.0 Å². The third-order valence-corrected chi connectivity index (χ3v) is 8.47. The summed E-state index contributed by atoms with van der Waals surface area (Å²) in [7, 11) is 0. The monoisotopic (exact) mass is 401 g/mol. The molecule has 2 heterocycles. The van der Waals surface area contributed by atoms with Crippen molar-refractivity contribution in [2.24, 2.45) is 29.4 Å². The second-order valence-corrected chi connectivity index (χ2v) is 9.83. The van der Waals surface area contributed by atoms with Crippen molar-refractivity contribution in [3.05, 3.63) is 65.7 Å². The fraction of sp³-hybridized carbons (Fsp3) is 0.500. The highest BCUT2D eigenvalue weighted by Crippen LogP contribution is 2.53. The molecule has 30 heavy (non-hydrogen) atoms. The molecule has 0 aromatic heterocycles. The van der Waals surface area contributed by atoms with Crippen LogP contribution in [0.3, 0.4) is 0 Å². The second kappa shape index (κ2) is 7.12. The minimum absolute atomic E-state index is 0.0217. The van der Waals surface area contributed by atoms with E-state index in [1.165, 1.54) is 42.5 Å². The van der Waals surface area contributed by atoms with Gasteiger partial charge < -0.3 is 16.0 Å². The van der Waals surface area contributed by atoms with E-state index in [0.29, 0.717) is 23.7 Å². The maximum Gasteiger partial charge on any atom is 0.228 e. The summed E-state index contributed by atoms with van der Waals surface area (Å²) in [6, 6.07) is 19.7. The Morgan fingerprint density at radius 2 is 1.60 bits per heavy atom. The summed E-state index contributed by atoms with van der Waals surface area (Å²) in [5, 5.41) is 3.80. The van der Waals surface area contributed by atoms with Crippen molar-refractivity contribution >= 4 is 11.6 Å². The molecule has 4 fully saturated rings. The number of carbonyl (C=O) groups excluding carboxylic acids is 1. The zero-order chi connectivity index (χ0) is 20.2. The van der Waals surface area contributed by atoms with E-state index >= 15 is 0 Å². The largest absolute Gasteiger partial charge is 0.378 e. The summed E-state index contributed by atoms with van der Waals surface area (Å²) in [5.41, 5.74) is 10.4. The molecular formula is C26H31N3O. The summed E-state index contributed by atoms with van der Waals surface area (Å²) in [6.07, 6.45) is 5.82. The van der Waals surface area contributed by atoms with Crippen LogP contribution in [0.1, 0.15) is 55.3 Å². The number of anilines is 1. The van der Waals surface area contributed by atoms with Crippen LogP contribution in [-0.2, 0) is 4.79 Å². The fourth-order valence-electron chi connectivity index (χ4n) is 7.02. The molecule has 1 amide bonds. The highest BCUT2D eigenvalue weighted by molar-refractivity contribution is 5.82. The molecule has 7 rings (SSSR count). The third kappa shape index (κ3) is 2.73. The Labute approximate surface area is 178 Å². The van der Waals surface area contributed by atoms with Gasteiger partial charge in [-0.2, -0.15) is 0 Å². The first-order chi connectivity index (χ1) is 14.7. The number of likely N-dealkylation sites (tertiary alicyclic amines) is 1. The van der Waals surface area contributed by atoms with Crippen molar-refractivity contribution in [2.75, 3.05) is 11.9 Å². The Morgan fingerprint density at radius 1 is 0.900 bits per heavy atom. The number of benzene rings is 2. The Bertz CT molecular complexity index is 934. The Hall–Kier alpha value is -2.33. The van der Waals surface area contributed by atoms with Crippen LogP contribution in [0.25, 0.3) is 0 Å². The van der Waals surface area contributed by atoms with E-state index in [1.54, 1.807) is 0 Å². The molecule has 3 aliphatic carbocycles. The van der Waals surface area contributed by atoms with Gasteiger partial charge in [-0.1, -0.05) is 48.5 Å². The Kier molecular flexibility index (Phi) is 4.38. The van der Waals surface area contributed by atoms with Crippen LogP contribution >= 0.6 is 0 Å². The maximum atomic E-state index is 13.9. The first kappa shape index (κ1) is 18.4. The van der Waals surface area contributed by atoms with Gasteiger partial charge in [0.2, 0.25) is 5.91 Å². The molecular weight excluding hydrogens is 370 g/mol. The molecule has 1 saturated heterocycles. The van der Waals surface area contributed by atoms with E-state index in [4.69, 9.17) is 5.73 Å². The average molecular weight is 402 g/mol. The minimum Gasteiger partial charge on any atom is -0.378 e. The van der Waals surface area contributed by atoms with Crippen LogP contribution in [0.5, 0.6) is 0 Å². The van der Waals surface area contributed by atoms with Crippen molar-refractivity contribution in [3.8, 4) is 0 Å². The lowest BCUT2D eigenvalue weighted by Gasteiger charge is -2.48. The number of nitrogens with zero attached hydrogens (tertiary/aromatic N) is 1. The molecule has 0 spiro atoms. The number of fused-ring (bicyclic) bond motifs is 6. The molecule has 5 atom stereocenters. The highest BCUT2D eigenvalue weighted by atomic mass is 16.2. The summed E-state index contributed by atoms with van der Waals surface area (Å²) in [5.74, 6) is 1.77. The summed E-state index contributed by atoms with van der Waals surface area (Å²) in [6.45, 7) is 0.841. The van der Waals surface area contributed by atoms with Crippen molar-refractivity contribution in [2.45, 2.75) is 50.2 Å². The fourth-order valence-corrected chi connectivity index (χ4v) is 7.02. The van der Waals surface area contributed by atoms with Crippen LogP contribution in [0.2, 0.25) is 0 Å². The van der Waals surface area contributed by atoms with Gasteiger partial charge in [-0.3, -0.25) is 4.79 Å². The number of hydrogen-bond acceptors (Lipinski definition) is 3. The molecule has 4 nitrogen and oxygen atoms in total. The van der Waals surface area contributed by atoms with Gasteiger partial charge in [0.25, 0.3) is 0 Å². The predicted molar refractivity (Wildman–Crippen MR) is 119 cm³/mol. The summed E-state index contributed by atoms with van der Waals surface area (Å²) >= 11 is 0. The number of amides is 1. The van der Waals surface area contributed by atoms with Crippen LogP contribution in [0.4, 0.5) is 5.69 Å². The maximum absolute atomic E-state index is 13.9. The number of para-hydroxylation sites is 1. The van der Waals surface area contributed by atoms with Crippen molar-refractivity contribution < 1.29 is 4.79 Å². The molecule has 2 bridgehead atoms. The predicted octanol–water partition coefficient (Wildman–Crippen LogP) is 4.51.